The minimum Gasteiger partial charge on any atom is -0.353 e. The standard InChI is InChI=1S/C23H32O2/c1-20(11-7-9-17-24-22-14-8-10-18-25-22)19-23(2,3)16-15-21-12-5-4-6-13-21/h4-6,12-13,22H,1,7-11,14,17-19H2,2-3H3. The highest BCUT2D eigenvalue weighted by Gasteiger charge is 2.16. The topological polar surface area (TPSA) is 18.5 Å². The molecule has 0 radical (unpaired) electrons. The first kappa shape index (κ1) is 19.8. The van der Waals surface area contributed by atoms with E-state index in [1.165, 1.54) is 18.4 Å². The van der Waals surface area contributed by atoms with Crippen molar-refractivity contribution in [3.05, 3.63) is 48.0 Å². The van der Waals surface area contributed by atoms with Crippen molar-refractivity contribution >= 4 is 0 Å². The van der Waals surface area contributed by atoms with Crippen molar-refractivity contribution in [2.24, 2.45) is 5.41 Å². The summed E-state index contributed by atoms with van der Waals surface area (Å²) in [7, 11) is 0. The van der Waals surface area contributed by atoms with E-state index in [-0.39, 0.29) is 11.7 Å². The van der Waals surface area contributed by atoms with Crippen LogP contribution in [0.3, 0.4) is 0 Å². The number of benzene rings is 1. The Balaban J connectivity index is 1.62. The lowest BCUT2D eigenvalue weighted by atomic mass is 9.85. The van der Waals surface area contributed by atoms with Gasteiger partial charge < -0.3 is 9.47 Å². The van der Waals surface area contributed by atoms with Crippen LogP contribution in [0.25, 0.3) is 0 Å². The Morgan fingerprint density at radius 1 is 1.24 bits per heavy atom. The number of hydrogen-bond acceptors (Lipinski definition) is 2. The van der Waals surface area contributed by atoms with Crippen molar-refractivity contribution in [1.82, 2.24) is 0 Å². The van der Waals surface area contributed by atoms with Gasteiger partial charge in [-0.2, -0.15) is 0 Å². The highest BCUT2D eigenvalue weighted by Crippen LogP contribution is 2.26. The third-order valence-electron chi connectivity index (χ3n) is 4.38. The monoisotopic (exact) mass is 340 g/mol. The van der Waals surface area contributed by atoms with Crippen LogP contribution < -0.4 is 0 Å². The van der Waals surface area contributed by atoms with Gasteiger partial charge in [-0.25, -0.2) is 0 Å². The fraction of sp³-hybridized carbons (Fsp3) is 0.565. The smallest absolute Gasteiger partial charge is 0.157 e. The van der Waals surface area contributed by atoms with E-state index < -0.39 is 0 Å². The zero-order valence-corrected chi connectivity index (χ0v) is 15.9. The number of ether oxygens (including phenoxy) is 2. The molecule has 1 heterocycles. The van der Waals surface area contributed by atoms with Gasteiger partial charge >= 0.3 is 0 Å². The van der Waals surface area contributed by atoms with Gasteiger partial charge in [0.15, 0.2) is 6.29 Å². The molecule has 25 heavy (non-hydrogen) atoms. The molecule has 1 aromatic rings. The molecule has 1 saturated heterocycles. The molecule has 0 spiro atoms. The quantitative estimate of drug-likeness (QED) is 0.342. The fourth-order valence-electron chi connectivity index (χ4n) is 3.05. The number of allylic oxidation sites excluding steroid dienone is 1. The summed E-state index contributed by atoms with van der Waals surface area (Å²) in [5.74, 6) is 6.68. The summed E-state index contributed by atoms with van der Waals surface area (Å²) < 4.78 is 11.4. The van der Waals surface area contributed by atoms with Gasteiger partial charge in [0, 0.05) is 24.2 Å². The van der Waals surface area contributed by atoms with Gasteiger partial charge in [0.25, 0.3) is 0 Å². The van der Waals surface area contributed by atoms with Crippen molar-refractivity contribution in [3.8, 4) is 11.8 Å². The van der Waals surface area contributed by atoms with Crippen LogP contribution in [0.2, 0.25) is 0 Å². The zero-order chi connectivity index (χ0) is 18.0. The number of hydrogen-bond donors (Lipinski definition) is 0. The second-order valence-corrected chi connectivity index (χ2v) is 7.55. The Bertz CT molecular complexity index is 571. The molecule has 2 nitrogen and oxygen atoms in total. The molecule has 0 aromatic heterocycles. The molecule has 1 fully saturated rings. The van der Waals surface area contributed by atoms with Crippen LogP contribution in [0.5, 0.6) is 0 Å². The molecule has 0 bridgehead atoms. The van der Waals surface area contributed by atoms with Gasteiger partial charge in [-0.05, 0) is 70.9 Å². The van der Waals surface area contributed by atoms with Crippen LogP contribution in [0.4, 0.5) is 0 Å². The van der Waals surface area contributed by atoms with E-state index in [0.717, 1.165) is 50.9 Å². The molecular weight excluding hydrogens is 308 g/mol. The van der Waals surface area contributed by atoms with E-state index in [2.05, 4.69) is 32.3 Å². The van der Waals surface area contributed by atoms with Crippen LogP contribution in [-0.2, 0) is 9.47 Å². The fourth-order valence-corrected chi connectivity index (χ4v) is 3.05. The van der Waals surface area contributed by atoms with Gasteiger partial charge in [0.1, 0.15) is 0 Å². The molecule has 1 atom stereocenters. The average molecular weight is 341 g/mol. The second-order valence-electron chi connectivity index (χ2n) is 7.55. The summed E-state index contributed by atoms with van der Waals surface area (Å²) >= 11 is 0. The van der Waals surface area contributed by atoms with Crippen molar-refractivity contribution < 1.29 is 9.47 Å². The summed E-state index contributed by atoms with van der Waals surface area (Å²) in [4.78, 5) is 0. The van der Waals surface area contributed by atoms with Crippen LogP contribution in [0.15, 0.2) is 42.5 Å². The molecule has 1 aliphatic rings. The van der Waals surface area contributed by atoms with Crippen molar-refractivity contribution in [2.75, 3.05) is 13.2 Å². The Hall–Kier alpha value is -1.56. The molecule has 1 unspecified atom stereocenters. The minimum absolute atomic E-state index is 0.0316. The molecule has 0 N–H and O–H groups in total. The molecular formula is C23H32O2. The Morgan fingerprint density at radius 2 is 2.04 bits per heavy atom. The Morgan fingerprint density at radius 3 is 2.76 bits per heavy atom. The lowest BCUT2D eigenvalue weighted by Crippen LogP contribution is -2.22. The van der Waals surface area contributed by atoms with Crippen LogP contribution in [0, 0.1) is 17.3 Å². The van der Waals surface area contributed by atoms with Gasteiger partial charge in [-0.15, -0.1) is 0 Å². The summed E-state index contributed by atoms with van der Waals surface area (Å²) in [6, 6.07) is 10.2. The van der Waals surface area contributed by atoms with Crippen molar-refractivity contribution in [3.63, 3.8) is 0 Å². The molecule has 0 aliphatic carbocycles. The highest BCUT2D eigenvalue weighted by atomic mass is 16.7. The van der Waals surface area contributed by atoms with Crippen LogP contribution >= 0.6 is 0 Å². The summed E-state index contributed by atoms with van der Waals surface area (Å²) in [6.45, 7) is 10.3. The maximum atomic E-state index is 5.78. The lowest BCUT2D eigenvalue weighted by molar-refractivity contribution is -0.162. The van der Waals surface area contributed by atoms with Crippen LogP contribution in [0.1, 0.15) is 64.4 Å². The molecule has 0 amide bonds. The normalized spacial score (nSPS) is 17.6. The predicted molar refractivity (Wildman–Crippen MR) is 104 cm³/mol. The SMILES string of the molecule is C=C(CCCCOC1CCCCO1)CC(C)(C)C#Cc1ccccc1. The van der Waals surface area contributed by atoms with E-state index >= 15 is 0 Å². The largest absolute Gasteiger partial charge is 0.353 e. The van der Waals surface area contributed by atoms with Crippen molar-refractivity contribution in [1.29, 1.82) is 0 Å². The van der Waals surface area contributed by atoms with Gasteiger partial charge in [0.2, 0.25) is 0 Å². The van der Waals surface area contributed by atoms with Crippen LogP contribution in [-0.4, -0.2) is 19.5 Å². The molecule has 1 aromatic carbocycles. The maximum absolute atomic E-state index is 5.78. The maximum Gasteiger partial charge on any atom is 0.157 e. The molecule has 2 rings (SSSR count). The predicted octanol–water partition coefficient (Wildman–Crippen LogP) is 5.72. The molecule has 2 heteroatoms. The Kier molecular flexibility index (Phi) is 8.25. The minimum atomic E-state index is -0.0423. The van der Waals surface area contributed by atoms with E-state index in [0.29, 0.717) is 0 Å². The second kappa shape index (κ2) is 10.4. The number of unbranched alkanes of at least 4 members (excludes halogenated alkanes) is 1. The van der Waals surface area contributed by atoms with E-state index in [4.69, 9.17) is 9.47 Å². The first-order chi connectivity index (χ1) is 12.1. The zero-order valence-electron chi connectivity index (χ0n) is 15.9. The van der Waals surface area contributed by atoms with Gasteiger partial charge in [-0.1, -0.05) is 42.2 Å². The molecule has 1 aliphatic heterocycles. The summed E-state index contributed by atoms with van der Waals surface area (Å²) in [5, 5.41) is 0. The Labute approximate surface area is 153 Å². The third kappa shape index (κ3) is 8.38. The van der Waals surface area contributed by atoms with Crippen molar-refractivity contribution in [2.45, 2.75) is 65.1 Å². The van der Waals surface area contributed by atoms with Gasteiger partial charge in [-0.3, -0.25) is 0 Å². The first-order valence-electron chi connectivity index (χ1n) is 9.53. The number of rotatable bonds is 8. The first-order valence-corrected chi connectivity index (χ1v) is 9.53. The average Bonchev–Trinajstić information content (AvgIpc) is 2.61. The van der Waals surface area contributed by atoms with E-state index in [1.807, 2.05) is 30.3 Å². The third-order valence-corrected chi connectivity index (χ3v) is 4.38. The van der Waals surface area contributed by atoms with E-state index in [9.17, 15) is 0 Å². The summed E-state index contributed by atoms with van der Waals surface area (Å²) in [6.07, 6.45) is 7.64. The lowest BCUT2D eigenvalue weighted by Gasteiger charge is -2.22. The summed E-state index contributed by atoms with van der Waals surface area (Å²) in [5.41, 5.74) is 2.31. The molecule has 136 valence electrons. The highest BCUT2D eigenvalue weighted by molar-refractivity contribution is 5.35. The van der Waals surface area contributed by atoms with E-state index in [1.54, 1.807) is 0 Å². The molecule has 0 saturated carbocycles. The van der Waals surface area contributed by atoms with Gasteiger partial charge in [0.05, 0.1) is 0 Å².